The van der Waals surface area contributed by atoms with Gasteiger partial charge in [-0.2, -0.15) is 0 Å². The van der Waals surface area contributed by atoms with Crippen molar-refractivity contribution in [3.63, 3.8) is 0 Å². The van der Waals surface area contributed by atoms with E-state index in [-0.39, 0.29) is 87.9 Å². The van der Waals surface area contributed by atoms with Gasteiger partial charge in [-0.3, -0.25) is 9.59 Å². The van der Waals surface area contributed by atoms with Crippen molar-refractivity contribution in [3.8, 4) is 28.0 Å². The molecule has 6 aromatic carbocycles. The van der Waals surface area contributed by atoms with Crippen LogP contribution in [0.5, 0.6) is 5.75 Å². The number of amides is 5. The number of hydrogen-bond donors (Lipinski definition) is 5. The van der Waals surface area contributed by atoms with Crippen molar-refractivity contribution in [1.29, 1.82) is 0 Å². The SMILES string of the molecule is O=C(NCCOc1cc(C(=O)NCCNC(=O)OCC2c3ccccc3-c3ccccc32)cc(C(=O)NCCNC(=O)OCC2c3ccccc3-c3ccccc32)c1)OCc1ccccc1. The Hall–Kier alpha value is -8.13. The van der Waals surface area contributed by atoms with Gasteiger partial charge in [-0.1, -0.05) is 127 Å². The highest BCUT2D eigenvalue weighted by atomic mass is 16.6. The Bertz CT molecular complexity index is 2470. The van der Waals surface area contributed by atoms with Gasteiger partial charge < -0.3 is 45.5 Å². The van der Waals surface area contributed by atoms with E-state index in [1.807, 2.05) is 103 Å². The second-order valence-corrected chi connectivity index (χ2v) is 15.6. The molecule has 2 aliphatic carbocycles. The van der Waals surface area contributed by atoms with Crippen LogP contribution >= 0.6 is 0 Å². The van der Waals surface area contributed by atoms with Crippen LogP contribution in [0.1, 0.15) is 60.4 Å². The Labute approximate surface area is 382 Å². The second-order valence-electron chi connectivity index (χ2n) is 15.6. The lowest BCUT2D eigenvalue weighted by Gasteiger charge is -2.15. The van der Waals surface area contributed by atoms with Gasteiger partial charge in [-0.25, -0.2) is 14.4 Å². The summed E-state index contributed by atoms with van der Waals surface area (Å²) < 4.78 is 22.3. The van der Waals surface area contributed by atoms with Crippen LogP contribution in [0.2, 0.25) is 0 Å². The molecule has 5 amide bonds. The molecule has 0 aromatic heterocycles. The maximum atomic E-state index is 13.4. The normalized spacial score (nSPS) is 12.1. The zero-order valence-electron chi connectivity index (χ0n) is 36.0. The Balaban J connectivity index is 0.814. The molecule has 0 unspecified atom stereocenters. The highest BCUT2D eigenvalue weighted by molar-refractivity contribution is 6.00. The first-order chi connectivity index (χ1) is 32.3. The molecular formula is C52H49N5O9. The van der Waals surface area contributed by atoms with E-state index >= 15 is 0 Å². The van der Waals surface area contributed by atoms with E-state index in [0.717, 1.165) is 50.1 Å². The van der Waals surface area contributed by atoms with Gasteiger partial charge in [0.25, 0.3) is 11.8 Å². The third-order valence-corrected chi connectivity index (χ3v) is 11.3. The summed E-state index contributed by atoms with van der Waals surface area (Å²) in [7, 11) is 0. The first-order valence-corrected chi connectivity index (χ1v) is 21.8. The summed E-state index contributed by atoms with van der Waals surface area (Å²) in [5.74, 6) is -1.04. The first-order valence-electron chi connectivity index (χ1n) is 21.8. The molecule has 66 heavy (non-hydrogen) atoms. The summed E-state index contributed by atoms with van der Waals surface area (Å²) in [6, 6.07) is 45.9. The summed E-state index contributed by atoms with van der Waals surface area (Å²) in [5.41, 5.74) is 9.96. The van der Waals surface area contributed by atoms with E-state index in [9.17, 15) is 24.0 Å². The quantitative estimate of drug-likeness (QED) is 0.0431. The minimum absolute atomic E-state index is 0.000680. The molecule has 0 bridgehead atoms. The van der Waals surface area contributed by atoms with Gasteiger partial charge in [0.2, 0.25) is 0 Å². The molecule has 14 heteroatoms. The number of benzene rings is 6. The zero-order chi connectivity index (χ0) is 45.7. The maximum absolute atomic E-state index is 13.4. The van der Waals surface area contributed by atoms with Gasteiger partial charge >= 0.3 is 18.3 Å². The molecule has 2 aliphatic rings. The maximum Gasteiger partial charge on any atom is 0.407 e. The van der Waals surface area contributed by atoms with Crippen LogP contribution in [0, 0.1) is 0 Å². The van der Waals surface area contributed by atoms with E-state index < -0.39 is 30.1 Å². The Morgan fingerprint density at radius 3 is 1.24 bits per heavy atom. The van der Waals surface area contributed by atoms with Crippen molar-refractivity contribution in [2.45, 2.75) is 18.4 Å². The van der Waals surface area contributed by atoms with Crippen molar-refractivity contribution in [3.05, 3.63) is 185 Å². The second kappa shape index (κ2) is 21.5. The van der Waals surface area contributed by atoms with E-state index in [0.29, 0.717) is 0 Å². The smallest absolute Gasteiger partial charge is 0.407 e. The molecule has 0 spiro atoms. The number of hydrogen-bond acceptors (Lipinski definition) is 9. The number of rotatable bonds is 18. The number of ether oxygens (including phenoxy) is 4. The summed E-state index contributed by atoms with van der Waals surface area (Å²) in [5, 5.41) is 13.5. The molecule has 0 fully saturated rings. The Morgan fingerprint density at radius 1 is 0.409 bits per heavy atom. The zero-order valence-corrected chi connectivity index (χ0v) is 36.0. The third kappa shape index (κ3) is 11.0. The van der Waals surface area contributed by atoms with E-state index in [1.165, 1.54) is 18.2 Å². The molecule has 0 saturated heterocycles. The Morgan fingerprint density at radius 2 is 0.788 bits per heavy atom. The fourth-order valence-electron chi connectivity index (χ4n) is 8.22. The molecule has 336 valence electrons. The minimum atomic E-state index is -0.631. The Kier molecular flexibility index (Phi) is 14.5. The molecule has 8 rings (SSSR count). The number of fused-ring (bicyclic) bond motifs is 6. The first kappa shape index (κ1) is 44.5. The molecule has 6 aromatic rings. The van der Waals surface area contributed by atoms with Crippen LogP contribution in [0.25, 0.3) is 22.3 Å². The number of carbonyl (C=O) groups is 5. The summed E-state index contributed by atoms with van der Waals surface area (Å²) in [4.78, 5) is 64.5. The van der Waals surface area contributed by atoms with Crippen LogP contribution in [0.3, 0.4) is 0 Å². The molecular weight excluding hydrogens is 839 g/mol. The average Bonchev–Trinajstić information content (AvgIpc) is 3.85. The molecule has 0 radical (unpaired) electrons. The van der Waals surface area contributed by atoms with E-state index in [4.69, 9.17) is 18.9 Å². The lowest BCUT2D eigenvalue weighted by molar-refractivity contribution is 0.0950. The third-order valence-electron chi connectivity index (χ3n) is 11.3. The molecule has 0 aliphatic heterocycles. The highest BCUT2D eigenvalue weighted by Crippen LogP contribution is 2.45. The van der Waals surface area contributed by atoms with Gasteiger partial charge in [0.05, 0.1) is 6.54 Å². The van der Waals surface area contributed by atoms with Crippen LogP contribution in [-0.4, -0.2) is 82.6 Å². The molecule has 0 saturated carbocycles. The van der Waals surface area contributed by atoms with Crippen LogP contribution in [-0.2, 0) is 20.8 Å². The molecule has 14 nitrogen and oxygen atoms in total. The van der Waals surface area contributed by atoms with Crippen LogP contribution < -0.4 is 31.3 Å². The fourth-order valence-corrected chi connectivity index (χ4v) is 8.22. The van der Waals surface area contributed by atoms with Gasteiger partial charge in [0.1, 0.15) is 32.2 Å². The van der Waals surface area contributed by atoms with E-state index in [2.05, 4.69) is 50.8 Å². The summed E-state index contributed by atoms with van der Waals surface area (Å²) in [6.45, 7) is 0.766. The lowest BCUT2D eigenvalue weighted by atomic mass is 9.98. The van der Waals surface area contributed by atoms with Gasteiger partial charge in [0, 0.05) is 49.1 Å². The topological polar surface area (TPSA) is 182 Å². The minimum Gasteiger partial charge on any atom is -0.492 e. The predicted molar refractivity (Wildman–Crippen MR) is 247 cm³/mol. The lowest BCUT2D eigenvalue weighted by Crippen LogP contribution is -2.36. The van der Waals surface area contributed by atoms with Gasteiger partial charge in [-0.15, -0.1) is 0 Å². The van der Waals surface area contributed by atoms with Gasteiger partial charge in [0.15, 0.2) is 0 Å². The standard InChI is InChI=1S/C52H49N5O9/c58-48(53-22-24-55-50(60)65-32-46-42-18-8-4-14-38(42)39-15-5-9-19-43(39)46)35-28-36(30-37(29-35)63-27-26-57-52(62)64-31-34-12-2-1-3-13-34)49(59)54-23-25-56-51(61)66-33-47-44-20-10-6-16-40(44)41-17-7-11-21-45(41)47/h1-21,28-30,46-47H,22-27,31-33H2,(H,53,58)(H,54,59)(H,55,60)(H,56,61)(H,57,62). The summed E-state index contributed by atoms with van der Waals surface area (Å²) in [6.07, 6.45) is -1.87. The predicted octanol–water partition coefficient (Wildman–Crippen LogP) is 7.53. The van der Waals surface area contributed by atoms with Crippen molar-refractivity contribution in [2.75, 3.05) is 52.5 Å². The highest BCUT2D eigenvalue weighted by Gasteiger charge is 2.30. The average molecular weight is 888 g/mol. The summed E-state index contributed by atoms with van der Waals surface area (Å²) >= 11 is 0. The van der Waals surface area contributed by atoms with Crippen LogP contribution in [0.15, 0.2) is 146 Å². The van der Waals surface area contributed by atoms with Crippen molar-refractivity contribution < 1.29 is 42.9 Å². The van der Waals surface area contributed by atoms with Crippen molar-refractivity contribution in [1.82, 2.24) is 26.6 Å². The molecule has 0 heterocycles. The monoisotopic (exact) mass is 887 g/mol. The van der Waals surface area contributed by atoms with Crippen LogP contribution in [0.4, 0.5) is 14.4 Å². The van der Waals surface area contributed by atoms with Crippen molar-refractivity contribution >= 4 is 30.1 Å². The molecule has 5 N–H and O–H groups in total. The number of alkyl carbamates (subject to hydrolysis) is 3. The van der Waals surface area contributed by atoms with Gasteiger partial charge in [-0.05, 0) is 68.3 Å². The largest absolute Gasteiger partial charge is 0.492 e. The van der Waals surface area contributed by atoms with Crippen molar-refractivity contribution in [2.24, 2.45) is 0 Å². The number of carbonyl (C=O) groups excluding carboxylic acids is 5. The fraction of sp³-hybridized carbons (Fsp3) is 0.212. The molecule has 0 atom stereocenters. The number of nitrogens with one attached hydrogen (secondary N) is 5. The van der Waals surface area contributed by atoms with E-state index in [1.54, 1.807) is 0 Å².